The van der Waals surface area contributed by atoms with Crippen LogP contribution in [0.4, 0.5) is 10.1 Å². The molecule has 1 amide bonds. The first-order valence-electron chi connectivity index (χ1n) is 7.49. The minimum Gasteiger partial charge on any atom is -0.322 e. The van der Waals surface area contributed by atoms with Crippen molar-refractivity contribution in [2.45, 2.75) is 31.7 Å². The van der Waals surface area contributed by atoms with E-state index < -0.39 is 21.7 Å². The second-order valence-electron chi connectivity index (χ2n) is 5.83. The number of anilines is 1. The van der Waals surface area contributed by atoms with Crippen LogP contribution >= 0.6 is 11.6 Å². The highest BCUT2D eigenvalue weighted by atomic mass is 35.5. The van der Waals surface area contributed by atoms with E-state index in [9.17, 15) is 17.6 Å². The Labute approximate surface area is 151 Å². The van der Waals surface area contributed by atoms with Crippen molar-refractivity contribution in [2.75, 3.05) is 5.32 Å². The van der Waals surface area contributed by atoms with E-state index in [0.717, 1.165) is 0 Å². The van der Waals surface area contributed by atoms with Gasteiger partial charge in [-0.3, -0.25) is 4.79 Å². The number of halogens is 2. The van der Waals surface area contributed by atoms with E-state index >= 15 is 0 Å². The number of hydrogen-bond acceptors (Lipinski definition) is 3. The predicted octanol–water partition coefficient (Wildman–Crippen LogP) is 3.73. The van der Waals surface area contributed by atoms with Crippen molar-refractivity contribution in [3.05, 3.63) is 58.4 Å². The van der Waals surface area contributed by atoms with Gasteiger partial charge in [0.25, 0.3) is 5.91 Å². The summed E-state index contributed by atoms with van der Waals surface area (Å²) in [6.07, 6.45) is 0. The molecule has 0 saturated heterocycles. The van der Waals surface area contributed by atoms with Crippen molar-refractivity contribution < 1.29 is 17.6 Å². The molecule has 0 aliphatic rings. The van der Waals surface area contributed by atoms with Gasteiger partial charge in [-0.15, -0.1) is 0 Å². The average molecular weight is 385 g/mol. The summed E-state index contributed by atoms with van der Waals surface area (Å²) in [5.41, 5.74) is 0.961. The number of nitrogens with one attached hydrogen (secondary N) is 2. The number of hydrogen-bond donors (Lipinski definition) is 2. The Balaban J connectivity index is 2.35. The number of rotatable bonds is 5. The molecule has 2 rings (SSSR count). The molecular weight excluding hydrogens is 367 g/mol. The average Bonchev–Trinajstić information content (AvgIpc) is 2.49. The van der Waals surface area contributed by atoms with Crippen LogP contribution in [0.5, 0.6) is 0 Å². The molecule has 0 aromatic heterocycles. The molecule has 0 fully saturated rings. The lowest BCUT2D eigenvalue weighted by Crippen LogP contribution is -2.30. The summed E-state index contributed by atoms with van der Waals surface area (Å²) in [5.74, 6) is -0.998. The van der Waals surface area contributed by atoms with Crippen molar-refractivity contribution in [3.8, 4) is 0 Å². The van der Waals surface area contributed by atoms with E-state index in [0.29, 0.717) is 11.3 Å². The lowest BCUT2D eigenvalue weighted by atomic mass is 10.1. The molecule has 25 heavy (non-hydrogen) atoms. The first kappa shape index (κ1) is 19.4. The summed E-state index contributed by atoms with van der Waals surface area (Å²) in [4.78, 5) is 12.4. The van der Waals surface area contributed by atoms with Gasteiger partial charge in [-0.2, -0.15) is 0 Å². The van der Waals surface area contributed by atoms with E-state index in [1.807, 2.05) is 0 Å². The lowest BCUT2D eigenvalue weighted by Gasteiger charge is -2.13. The molecule has 2 aromatic rings. The Morgan fingerprint density at radius 1 is 1.16 bits per heavy atom. The molecule has 0 bridgehead atoms. The number of aryl methyl sites for hydroxylation is 1. The molecular formula is C17H18ClFN2O3S. The SMILES string of the molecule is Cc1cc(F)ccc1NC(=O)c1cc(S(=O)(=O)NC(C)C)ccc1Cl. The van der Waals surface area contributed by atoms with Crippen molar-refractivity contribution in [1.82, 2.24) is 4.72 Å². The Bertz CT molecular complexity index is 914. The van der Waals surface area contributed by atoms with E-state index in [2.05, 4.69) is 10.0 Å². The van der Waals surface area contributed by atoms with Crippen molar-refractivity contribution in [1.29, 1.82) is 0 Å². The minimum absolute atomic E-state index is 0.0111. The van der Waals surface area contributed by atoms with Crippen molar-refractivity contribution >= 4 is 33.2 Å². The van der Waals surface area contributed by atoms with Gasteiger partial charge in [-0.25, -0.2) is 17.5 Å². The number of carbonyl (C=O) groups is 1. The zero-order valence-corrected chi connectivity index (χ0v) is 15.5. The van der Waals surface area contributed by atoms with Gasteiger partial charge in [0.15, 0.2) is 0 Å². The summed E-state index contributed by atoms with van der Waals surface area (Å²) < 4.78 is 40.1. The zero-order chi connectivity index (χ0) is 18.8. The predicted molar refractivity (Wildman–Crippen MR) is 96.0 cm³/mol. The first-order valence-corrected chi connectivity index (χ1v) is 9.35. The smallest absolute Gasteiger partial charge is 0.257 e. The molecule has 0 radical (unpaired) electrons. The maximum Gasteiger partial charge on any atom is 0.257 e. The van der Waals surface area contributed by atoms with E-state index in [4.69, 9.17) is 11.6 Å². The molecule has 0 heterocycles. The Morgan fingerprint density at radius 2 is 1.84 bits per heavy atom. The summed E-state index contributed by atoms with van der Waals surface area (Å²) in [5, 5.41) is 2.72. The quantitative estimate of drug-likeness (QED) is 0.824. The molecule has 5 nitrogen and oxygen atoms in total. The standard InChI is InChI=1S/C17H18ClFN2O3S/c1-10(2)21-25(23,24)13-5-6-15(18)14(9-13)17(22)20-16-7-4-12(19)8-11(16)3/h4-10,21H,1-3H3,(H,20,22). The molecule has 134 valence electrons. The molecule has 0 aliphatic heterocycles. The van der Waals surface area contributed by atoms with E-state index in [-0.39, 0.29) is 21.5 Å². The van der Waals surface area contributed by atoms with Crippen LogP contribution in [0, 0.1) is 12.7 Å². The van der Waals surface area contributed by atoms with Crippen LogP contribution in [0.1, 0.15) is 29.8 Å². The van der Waals surface area contributed by atoms with Crippen LogP contribution in [0.25, 0.3) is 0 Å². The fourth-order valence-electron chi connectivity index (χ4n) is 2.18. The molecule has 8 heteroatoms. The van der Waals surface area contributed by atoms with Crippen LogP contribution in [0.2, 0.25) is 5.02 Å². The molecule has 0 saturated carbocycles. The van der Waals surface area contributed by atoms with Gasteiger partial charge in [-0.05, 0) is 62.7 Å². The fourth-order valence-corrected chi connectivity index (χ4v) is 3.66. The number of benzene rings is 2. The monoisotopic (exact) mass is 384 g/mol. The van der Waals surface area contributed by atoms with E-state index in [1.54, 1.807) is 20.8 Å². The maximum absolute atomic E-state index is 13.2. The second-order valence-corrected chi connectivity index (χ2v) is 7.95. The topological polar surface area (TPSA) is 75.3 Å². The number of carbonyl (C=O) groups excluding carboxylic acids is 1. The zero-order valence-electron chi connectivity index (χ0n) is 13.9. The van der Waals surface area contributed by atoms with Gasteiger partial charge >= 0.3 is 0 Å². The largest absolute Gasteiger partial charge is 0.322 e. The maximum atomic E-state index is 13.2. The van der Waals surface area contributed by atoms with Crippen LogP contribution in [-0.2, 0) is 10.0 Å². The highest BCUT2D eigenvalue weighted by Gasteiger charge is 2.20. The molecule has 0 atom stereocenters. The Morgan fingerprint density at radius 3 is 2.44 bits per heavy atom. The Hall–Kier alpha value is -1.96. The Kier molecular flexibility index (Phi) is 5.82. The third kappa shape index (κ3) is 4.78. The normalized spacial score (nSPS) is 11.6. The summed E-state index contributed by atoms with van der Waals surface area (Å²) in [6, 6.07) is 7.52. The molecule has 2 N–H and O–H groups in total. The number of sulfonamides is 1. The van der Waals surface area contributed by atoms with Gasteiger partial charge < -0.3 is 5.32 Å². The summed E-state index contributed by atoms with van der Waals surface area (Å²) in [7, 11) is -3.76. The molecule has 0 spiro atoms. The van der Waals surface area contributed by atoms with Crippen molar-refractivity contribution in [2.24, 2.45) is 0 Å². The van der Waals surface area contributed by atoms with E-state index in [1.165, 1.54) is 36.4 Å². The number of amides is 1. The van der Waals surface area contributed by atoms with Crippen LogP contribution in [0.3, 0.4) is 0 Å². The first-order chi connectivity index (χ1) is 11.6. The van der Waals surface area contributed by atoms with Crippen molar-refractivity contribution in [3.63, 3.8) is 0 Å². The lowest BCUT2D eigenvalue weighted by molar-refractivity contribution is 0.102. The van der Waals surface area contributed by atoms with Gasteiger partial charge in [0.2, 0.25) is 10.0 Å². The van der Waals surface area contributed by atoms with Crippen LogP contribution in [-0.4, -0.2) is 20.4 Å². The third-order valence-electron chi connectivity index (χ3n) is 3.32. The highest BCUT2D eigenvalue weighted by Crippen LogP contribution is 2.23. The fraction of sp³-hybridized carbons (Fsp3) is 0.235. The molecule has 0 unspecified atom stereocenters. The van der Waals surface area contributed by atoms with Gasteiger partial charge in [0.1, 0.15) is 5.82 Å². The van der Waals surface area contributed by atoms with Gasteiger partial charge in [0, 0.05) is 11.7 Å². The highest BCUT2D eigenvalue weighted by molar-refractivity contribution is 7.89. The molecule has 0 aliphatic carbocycles. The van der Waals surface area contributed by atoms with Crippen LogP contribution < -0.4 is 10.0 Å². The molecule has 2 aromatic carbocycles. The third-order valence-corrected chi connectivity index (χ3v) is 5.31. The minimum atomic E-state index is -3.76. The summed E-state index contributed by atoms with van der Waals surface area (Å²) in [6.45, 7) is 5.03. The van der Waals surface area contributed by atoms with Gasteiger partial charge in [-0.1, -0.05) is 11.6 Å². The van der Waals surface area contributed by atoms with Gasteiger partial charge in [0.05, 0.1) is 15.5 Å². The second kappa shape index (κ2) is 7.51. The summed E-state index contributed by atoms with van der Waals surface area (Å²) >= 11 is 6.04. The van der Waals surface area contributed by atoms with Crippen LogP contribution in [0.15, 0.2) is 41.3 Å².